The molecule has 1 heterocycles. The fourth-order valence-electron chi connectivity index (χ4n) is 1.72. The van der Waals surface area contributed by atoms with Crippen LogP contribution >= 0.6 is 11.6 Å². The Kier molecular flexibility index (Phi) is 4.14. The summed E-state index contributed by atoms with van der Waals surface area (Å²) in [6.45, 7) is 3.80. The van der Waals surface area contributed by atoms with Gasteiger partial charge in [0, 0.05) is 5.56 Å². The fraction of sp³-hybridized carbons (Fsp3) is 0.231. The van der Waals surface area contributed by atoms with Crippen molar-refractivity contribution in [3.05, 3.63) is 45.9 Å². The molecule has 2 aromatic rings. The predicted octanol–water partition coefficient (Wildman–Crippen LogP) is 3.49. The van der Waals surface area contributed by atoms with E-state index in [0.29, 0.717) is 11.3 Å². The number of hydrogen-bond acceptors (Lipinski definition) is 5. The molecule has 0 N–H and O–H groups in total. The van der Waals surface area contributed by atoms with E-state index in [9.17, 15) is 10.1 Å². The molecule has 0 aliphatic heterocycles. The minimum absolute atomic E-state index is 0.00854. The molecular formula is C13H12ClN3O3. The topological polar surface area (TPSA) is 78.2 Å². The smallest absolute Gasteiger partial charge is 0.332 e. The lowest BCUT2D eigenvalue weighted by molar-refractivity contribution is -0.384. The van der Waals surface area contributed by atoms with Gasteiger partial charge in [0.2, 0.25) is 5.15 Å². The lowest BCUT2D eigenvalue weighted by atomic mass is 10.1. The Hall–Kier alpha value is -2.21. The van der Waals surface area contributed by atoms with Crippen LogP contribution in [0.1, 0.15) is 13.8 Å². The summed E-state index contributed by atoms with van der Waals surface area (Å²) in [5.41, 5.74) is 0.416. The van der Waals surface area contributed by atoms with Crippen molar-refractivity contribution >= 4 is 17.3 Å². The van der Waals surface area contributed by atoms with Gasteiger partial charge in [0.25, 0.3) is 0 Å². The van der Waals surface area contributed by atoms with Crippen LogP contribution in [0, 0.1) is 10.1 Å². The second-order valence-electron chi connectivity index (χ2n) is 4.31. The second-order valence-corrected chi connectivity index (χ2v) is 4.67. The van der Waals surface area contributed by atoms with Gasteiger partial charge < -0.3 is 4.74 Å². The molecule has 2 rings (SSSR count). The summed E-state index contributed by atoms with van der Waals surface area (Å²) in [4.78, 5) is 18.1. The SMILES string of the molecule is CC(C)Oc1cccc(-c2ncnc(Cl)c2[N+](=O)[O-])c1. The van der Waals surface area contributed by atoms with Crippen LogP contribution in [0.15, 0.2) is 30.6 Å². The maximum atomic E-state index is 11.1. The number of hydrogen-bond donors (Lipinski definition) is 0. The van der Waals surface area contributed by atoms with Gasteiger partial charge in [0.15, 0.2) is 5.69 Å². The maximum absolute atomic E-state index is 11.1. The fourth-order valence-corrected chi connectivity index (χ4v) is 1.92. The zero-order valence-corrected chi connectivity index (χ0v) is 11.7. The zero-order chi connectivity index (χ0) is 14.7. The molecule has 0 radical (unpaired) electrons. The molecule has 0 unspecified atom stereocenters. The van der Waals surface area contributed by atoms with E-state index in [-0.39, 0.29) is 22.6 Å². The number of ether oxygens (including phenoxy) is 1. The lowest BCUT2D eigenvalue weighted by Crippen LogP contribution is -2.05. The lowest BCUT2D eigenvalue weighted by Gasteiger charge is -2.10. The van der Waals surface area contributed by atoms with Crippen molar-refractivity contribution < 1.29 is 9.66 Å². The molecule has 1 aromatic carbocycles. The molecule has 0 bridgehead atoms. The molecule has 7 heteroatoms. The summed E-state index contributed by atoms with van der Waals surface area (Å²) in [6, 6.07) is 6.91. The van der Waals surface area contributed by atoms with Crippen LogP contribution in [0.2, 0.25) is 5.15 Å². The summed E-state index contributed by atoms with van der Waals surface area (Å²) in [7, 11) is 0. The van der Waals surface area contributed by atoms with Crippen molar-refractivity contribution in [3.63, 3.8) is 0 Å². The van der Waals surface area contributed by atoms with Crippen LogP contribution in [0.25, 0.3) is 11.3 Å². The van der Waals surface area contributed by atoms with Crippen LogP contribution in [0.3, 0.4) is 0 Å². The van der Waals surface area contributed by atoms with Crippen molar-refractivity contribution in [2.45, 2.75) is 20.0 Å². The third kappa shape index (κ3) is 3.03. The highest BCUT2D eigenvalue weighted by atomic mass is 35.5. The molecule has 0 spiro atoms. The first-order valence-corrected chi connectivity index (χ1v) is 6.29. The highest BCUT2D eigenvalue weighted by Crippen LogP contribution is 2.33. The second kappa shape index (κ2) is 5.83. The minimum atomic E-state index is -0.590. The van der Waals surface area contributed by atoms with Crippen LogP contribution < -0.4 is 4.74 Å². The van der Waals surface area contributed by atoms with Gasteiger partial charge in [-0.2, -0.15) is 0 Å². The Balaban J connectivity index is 2.52. The molecule has 1 aromatic heterocycles. The number of nitro groups is 1. The first kappa shape index (κ1) is 14.2. The average Bonchev–Trinajstić information content (AvgIpc) is 2.37. The predicted molar refractivity (Wildman–Crippen MR) is 74.9 cm³/mol. The molecule has 0 fully saturated rings. The Morgan fingerprint density at radius 2 is 2.10 bits per heavy atom. The van der Waals surface area contributed by atoms with E-state index >= 15 is 0 Å². The molecule has 0 atom stereocenters. The largest absolute Gasteiger partial charge is 0.491 e. The standard InChI is InChI=1S/C13H12ClN3O3/c1-8(2)20-10-5-3-4-9(6-10)11-12(17(18)19)13(14)16-7-15-11/h3-8H,1-2H3. The summed E-state index contributed by atoms with van der Waals surface area (Å²) in [5.74, 6) is 0.613. The molecule has 0 aliphatic carbocycles. The first-order valence-electron chi connectivity index (χ1n) is 5.91. The zero-order valence-electron chi connectivity index (χ0n) is 10.9. The Morgan fingerprint density at radius 1 is 1.35 bits per heavy atom. The maximum Gasteiger partial charge on any atom is 0.332 e. The van der Waals surface area contributed by atoms with Gasteiger partial charge in [-0.15, -0.1) is 0 Å². The van der Waals surface area contributed by atoms with Crippen molar-refractivity contribution in [1.29, 1.82) is 0 Å². The Morgan fingerprint density at radius 3 is 2.75 bits per heavy atom. The molecular weight excluding hydrogens is 282 g/mol. The van der Waals surface area contributed by atoms with E-state index in [2.05, 4.69) is 9.97 Å². The number of nitrogens with zero attached hydrogens (tertiary/aromatic N) is 3. The number of rotatable bonds is 4. The highest BCUT2D eigenvalue weighted by Gasteiger charge is 2.22. The van der Waals surface area contributed by atoms with Gasteiger partial charge in [-0.25, -0.2) is 9.97 Å². The van der Waals surface area contributed by atoms with Gasteiger partial charge in [-0.3, -0.25) is 10.1 Å². The van der Waals surface area contributed by atoms with E-state index < -0.39 is 4.92 Å². The number of halogens is 1. The third-order valence-corrected chi connectivity index (χ3v) is 2.72. The van der Waals surface area contributed by atoms with E-state index in [1.807, 2.05) is 13.8 Å². The van der Waals surface area contributed by atoms with Crippen molar-refractivity contribution in [3.8, 4) is 17.0 Å². The van der Waals surface area contributed by atoms with Gasteiger partial charge in [-0.1, -0.05) is 23.7 Å². The van der Waals surface area contributed by atoms with Crippen molar-refractivity contribution in [1.82, 2.24) is 9.97 Å². The third-order valence-electron chi connectivity index (χ3n) is 2.44. The Labute approximate surface area is 120 Å². The van der Waals surface area contributed by atoms with Gasteiger partial charge in [0.05, 0.1) is 11.0 Å². The Bertz CT molecular complexity index is 647. The summed E-state index contributed by atoms with van der Waals surface area (Å²) < 4.78 is 5.56. The number of benzene rings is 1. The normalized spacial score (nSPS) is 10.6. The van der Waals surface area contributed by atoms with Crippen molar-refractivity contribution in [2.24, 2.45) is 0 Å². The van der Waals surface area contributed by atoms with E-state index in [0.717, 1.165) is 0 Å². The van der Waals surface area contributed by atoms with Crippen LogP contribution in [0.5, 0.6) is 5.75 Å². The monoisotopic (exact) mass is 293 g/mol. The molecule has 104 valence electrons. The van der Waals surface area contributed by atoms with Crippen LogP contribution in [0.4, 0.5) is 5.69 Å². The van der Waals surface area contributed by atoms with Gasteiger partial charge >= 0.3 is 5.69 Å². The van der Waals surface area contributed by atoms with E-state index in [1.165, 1.54) is 6.33 Å². The van der Waals surface area contributed by atoms with E-state index in [4.69, 9.17) is 16.3 Å². The quantitative estimate of drug-likeness (QED) is 0.490. The molecule has 6 nitrogen and oxygen atoms in total. The number of aromatic nitrogens is 2. The highest BCUT2D eigenvalue weighted by molar-refractivity contribution is 6.31. The summed E-state index contributed by atoms with van der Waals surface area (Å²) in [5, 5.41) is 10.9. The minimum Gasteiger partial charge on any atom is -0.491 e. The first-order chi connectivity index (χ1) is 9.49. The van der Waals surface area contributed by atoms with Crippen molar-refractivity contribution in [2.75, 3.05) is 0 Å². The summed E-state index contributed by atoms with van der Waals surface area (Å²) >= 11 is 5.77. The van der Waals surface area contributed by atoms with Crippen LogP contribution in [-0.2, 0) is 0 Å². The molecule has 0 aliphatic rings. The summed E-state index contributed by atoms with van der Waals surface area (Å²) in [6.07, 6.45) is 1.20. The average molecular weight is 294 g/mol. The molecule has 0 saturated heterocycles. The van der Waals surface area contributed by atoms with Gasteiger partial charge in [-0.05, 0) is 26.0 Å². The molecule has 0 saturated carbocycles. The van der Waals surface area contributed by atoms with Gasteiger partial charge in [0.1, 0.15) is 12.1 Å². The van der Waals surface area contributed by atoms with E-state index in [1.54, 1.807) is 24.3 Å². The molecule has 0 amide bonds. The molecule has 20 heavy (non-hydrogen) atoms. The van der Waals surface area contributed by atoms with Crippen LogP contribution in [-0.4, -0.2) is 21.0 Å².